The molecule has 0 aliphatic heterocycles. The number of amides is 1. The fourth-order valence-corrected chi connectivity index (χ4v) is 1.49. The van der Waals surface area contributed by atoms with Crippen molar-refractivity contribution in [3.63, 3.8) is 0 Å². The first-order valence-corrected chi connectivity index (χ1v) is 5.34. The van der Waals surface area contributed by atoms with Gasteiger partial charge in [0.05, 0.1) is 0 Å². The average Bonchev–Trinajstić information content (AvgIpc) is 2.38. The van der Waals surface area contributed by atoms with Gasteiger partial charge in [0.25, 0.3) is 5.91 Å². The number of aromatic hydroxyl groups is 1. The maximum Gasteiger partial charge on any atom is 0.358 e. The van der Waals surface area contributed by atoms with Crippen LogP contribution in [-0.2, 0) is 0 Å². The number of phenolic OH excluding ortho intramolecular Hbond substituents is 1. The predicted molar refractivity (Wildman–Crippen MR) is 65.0 cm³/mol. The van der Waals surface area contributed by atoms with Crippen LogP contribution in [0.3, 0.4) is 0 Å². The van der Waals surface area contributed by atoms with Crippen molar-refractivity contribution in [2.24, 2.45) is 0 Å². The zero-order chi connectivity index (χ0) is 14.7. The van der Waals surface area contributed by atoms with Crippen molar-refractivity contribution >= 4 is 17.7 Å². The van der Waals surface area contributed by atoms with Gasteiger partial charge in [-0.3, -0.25) is 4.79 Å². The summed E-state index contributed by atoms with van der Waals surface area (Å²) in [6.45, 7) is 0. The van der Waals surface area contributed by atoms with E-state index in [1.54, 1.807) is 0 Å². The summed E-state index contributed by atoms with van der Waals surface area (Å²) in [7, 11) is 0. The quantitative estimate of drug-likeness (QED) is 0.778. The molecule has 1 aromatic carbocycles. The minimum atomic E-state index is -1.40. The molecule has 0 fully saturated rings. The molecule has 1 amide bonds. The third-order valence-corrected chi connectivity index (χ3v) is 2.35. The number of carbonyl (C=O) groups is 2. The molecule has 0 saturated heterocycles. The van der Waals surface area contributed by atoms with E-state index in [1.165, 1.54) is 12.3 Å². The molecule has 0 saturated carbocycles. The second-order valence-electron chi connectivity index (χ2n) is 3.65. The number of carboxylic acid groups (broad SMARTS) is 1. The summed E-state index contributed by atoms with van der Waals surface area (Å²) >= 11 is 0. The number of anilines is 1. The molecule has 0 bridgehead atoms. The van der Waals surface area contributed by atoms with Crippen molar-refractivity contribution in [3.05, 3.63) is 47.7 Å². The molecule has 0 atom stereocenters. The van der Waals surface area contributed by atoms with E-state index in [1.807, 2.05) is 0 Å². The Morgan fingerprint density at radius 2 is 1.90 bits per heavy atom. The summed E-state index contributed by atoms with van der Waals surface area (Å²) in [6.07, 6.45) is 2.31. The predicted octanol–water partition coefficient (Wildman–Crippen LogP) is 1.27. The fraction of sp³-hybridized carbons (Fsp3) is 0. The van der Waals surface area contributed by atoms with E-state index in [9.17, 15) is 19.1 Å². The second-order valence-corrected chi connectivity index (χ2v) is 3.65. The number of carboxylic acids is 1. The summed E-state index contributed by atoms with van der Waals surface area (Å²) in [4.78, 5) is 29.9. The van der Waals surface area contributed by atoms with Crippen LogP contribution in [0.15, 0.2) is 30.6 Å². The van der Waals surface area contributed by atoms with Crippen LogP contribution < -0.4 is 5.32 Å². The summed E-state index contributed by atoms with van der Waals surface area (Å²) in [5.74, 6) is -4.27. The summed E-state index contributed by atoms with van der Waals surface area (Å²) in [6, 6.07) is 3.35. The average molecular weight is 277 g/mol. The summed E-state index contributed by atoms with van der Waals surface area (Å²) in [5, 5.41) is 20.4. The number of aromatic nitrogens is 2. The van der Waals surface area contributed by atoms with E-state index in [2.05, 4.69) is 15.3 Å². The van der Waals surface area contributed by atoms with Gasteiger partial charge in [-0.1, -0.05) is 6.07 Å². The molecule has 1 aromatic heterocycles. The molecule has 2 aromatic rings. The van der Waals surface area contributed by atoms with Crippen molar-refractivity contribution in [3.8, 4) is 5.75 Å². The van der Waals surface area contributed by atoms with Gasteiger partial charge in [-0.2, -0.15) is 0 Å². The molecule has 1 heterocycles. The van der Waals surface area contributed by atoms with Gasteiger partial charge in [0, 0.05) is 12.4 Å². The first-order valence-electron chi connectivity index (χ1n) is 5.34. The number of benzene rings is 1. The zero-order valence-electron chi connectivity index (χ0n) is 9.87. The lowest BCUT2D eigenvalue weighted by atomic mass is 10.1. The number of carbonyl (C=O) groups excluding carboxylic acids is 1. The van der Waals surface area contributed by atoms with Gasteiger partial charge in [0.15, 0.2) is 11.5 Å². The Kier molecular flexibility index (Phi) is 3.56. The maximum atomic E-state index is 13.5. The SMILES string of the molecule is O=C(O)c1nccnc1NC(=O)c1c(O)cccc1F. The van der Waals surface area contributed by atoms with Gasteiger partial charge in [0.2, 0.25) is 0 Å². The van der Waals surface area contributed by atoms with E-state index in [-0.39, 0.29) is 5.82 Å². The van der Waals surface area contributed by atoms with Crippen LogP contribution >= 0.6 is 0 Å². The fourth-order valence-electron chi connectivity index (χ4n) is 1.49. The number of aromatic carboxylic acids is 1. The lowest BCUT2D eigenvalue weighted by Gasteiger charge is -2.08. The molecule has 7 nitrogen and oxygen atoms in total. The molecule has 0 aliphatic carbocycles. The Morgan fingerprint density at radius 3 is 2.55 bits per heavy atom. The van der Waals surface area contributed by atoms with Crippen molar-refractivity contribution < 1.29 is 24.2 Å². The smallest absolute Gasteiger partial charge is 0.358 e. The number of hydrogen-bond acceptors (Lipinski definition) is 5. The minimum Gasteiger partial charge on any atom is -0.507 e. The molecule has 102 valence electrons. The largest absolute Gasteiger partial charge is 0.507 e. The van der Waals surface area contributed by atoms with Crippen LogP contribution in [0.5, 0.6) is 5.75 Å². The Bertz CT molecular complexity index is 670. The highest BCUT2D eigenvalue weighted by molar-refractivity contribution is 6.08. The third kappa shape index (κ3) is 2.53. The molecule has 0 spiro atoms. The van der Waals surface area contributed by atoms with Crippen molar-refractivity contribution in [1.82, 2.24) is 9.97 Å². The molecule has 0 aliphatic rings. The van der Waals surface area contributed by atoms with Crippen molar-refractivity contribution in [1.29, 1.82) is 0 Å². The highest BCUT2D eigenvalue weighted by Crippen LogP contribution is 2.21. The summed E-state index contributed by atoms with van der Waals surface area (Å²) in [5.41, 5.74) is -1.09. The molecule has 20 heavy (non-hydrogen) atoms. The van der Waals surface area contributed by atoms with Crippen molar-refractivity contribution in [2.75, 3.05) is 5.32 Å². The van der Waals surface area contributed by atoms with E-state index in [0.29, 0.717) is 0 Å². The number of halogens is 1. The van der Waals surface area contributed by atoms with Gasteiger partial charge in [-0.05, 0) is 12.1 Å². The molecule has 3 N–H and O–H groups in total. The van der Waals surface area contributed by atoms with Crippen molar-refractivity contribution in [2.45, 2.75) is 0 Å². The van der Waals surface area contributed by atoms with E-state index >= 15 is 0 Å². The van der Waals surface area contributed by atoms with Crippen LogP contribution in [0.4, 0.5) is 10.2 Å². The number of phenols is 1. The number of rotatable bonds is 3. The lowest BCUT2D eigenvalue weighted by molar-refractivity contribution is 0.0691. The van der Waals surface area contributed by atoms with Gasteiger partial charge in [0.1, 0.15) is 17.1 Å². The number of nitrogens with zero attached hydrogens (tertiary/aromatic N) is 2. The Hall–Kier alpha value is -3.03. The monoisotopic (exact) mass is 277 g/mol. The number of nitrogens with one attached hydrogen (secondary N) is 1. The Morgan fingerprint density at radius 1 is 1.20 bits per heavy atom. The lowest BCUT2D eigenvalue weighted by Crippen LogP contribution is -2.18. The Labute approximate surface area is 111 Å². The molecule has 2 rings (SSSR count). The van der Waals surface area contributed by atoms with Gasteiger partial charge in [-0.25, -0.2) is 19.2 Å². The standard InChI is InChI=1S/C12H8FN3O4/c13-6-2-1-3-7(17)8(6)11(18)16-10-9(12(19)20)14-4-5-15-10/h1-5,17H,(H,19,20)(H,15,16,18). The normalized spacial score (nSPS) is 10.1. The molecular formula is C12H8FN3O4. The topological polar surface area (TPSA) is 112 Å². The van der Waals surface area contributed by atoms with Crippen LogP contribution in [0.25, 0.3) is 0 Å². The minimum absolute atomic E-state index is 0.340. The zero-order valence-corrected chi connectivity index (χ0v) is 9.87. The number of hydrogen-bond donors (Lipinski definition) is 3. The van der Waals surface area contributed by atoms with Crippen LogP contribution in [0.1, 0.15) is 20.8 Å². The van der Waals surface area contributed by atoms with E-state index in [4.69, 9.17) is 5.11 Å². The van der Waals surface area contributed by atoms with Gasteiger partial charge in [-0.15, -0.1) is 0 Å². The second kappa shape index (κ2) is 5.31. The van der Waals surface area contributed by atoms with Gasteiger partial charge >= 0.3 is 5.97 Å². The van der Waals surface area contributed by atoms with E-state index < -0.39 is 34.7 Å². The molecule has 0 radical (unpaired) electrons. The third-order valence-electron chi connectivity index (χ3n) is 2.35. The highest BCUT2D eigenvalue weighted by atomic mass is 19.1. The molecule has 8 heteroatoms. The maximum absolute atomic E-state index is 13.5. The highest BCUT2D eigenvalue weighted by Gasteiger charge is 2.20. The van der Waals surface area contributed by atoms with E-state index in [0.717, 1.165) is 18.3 Å². The van der Waals surface area contributed by atoms with Crippen LogP contribution in [0.2, 0.25) is 0 Å². The van der Waals surface area contributed by atoms with Crippen LogP contribution in [0, 0.1) is 5.82 Å². The Balaban J connectivity index is 2.36. The molecular weight excluding hydrogens is 269 g/mol. The first kappa shape index (κ1) is 13.4. The first-order chi connectivity index (χ1) is 9.50. The summed E-state index contributed by atoms with van der Waals surface area (Å²) < 4.78 is 13.5. The van der Waals surface area contributed by atoms with Gasteiger partial charge < -0.3 is 15.5 Å². The van der Waals surface area contributed by atoms with Crippen LogP contribution in [-0.4, -0.2) is 32.1 Å². The molecule has 0 unspecified atom stereocenters.